The van der Waals surface area contributed by atoms with Crippen LogP contribution in [-0.4, -0.2) is 55.2 Å². The SMILES string of the molecule is CC(C)(C)N[C@H]1CCN(c2ncc(-c3ccc(-c4cn[nH]c4)cc3O)nn2)C1. The van der Waals surface area contributed by atoms with Gasteiger partial charge in [0, 0.05) is 42.0 Å². The van der Waals surface area contributed by atoms with Crippen molar-refractivity contribution >= 4 is 5.95 Å². The largest absolute Gasteiger partial charge is 0.507 e. The topological polar surface area (TPSA) is 103 Å². The highest BCUT2D eigenvalue weighted by atomic mass is 16.3. The second-order valence-corrected chi connectivity index (χ2v) is 8.19. The summed E-state index contributed by atoms with van der Waals surface area (Å²) < 4.78 is 0. The first-order valence-electron chi connectivity index (χ1n) is 9.44. The van der Waals surface area contributed by atoms with E-state index in [4.69, 9.17) is 0 Å². The highest BCUT2D eigenvalue weighted by Crippen LogP contribution is 2.32. The molecule has 0 bridgehead atoms. The summed E-state index contributed by atoms with van der Waals surface area (Å²) in [6.45, 7) is 8.29. The van der Waals surface area contributed by atoms with Gasteiger partial charge in [-0.1, -0.05) is 6.07 Å². The molecular formula is C20H25N7O. The summed E-state index contributed by atoms with van der Waals surface area (Å²) in [5.74, 6) is 0.759. The Morgan fingerprint density at radius 1 is 1.18 bits per heavy atom. The number of anilines is 1. The summed E-state index contributed by atoms with van der Waals surface area (Å²) in [7, 11) is 0. The van der Waals surface area contributed by atoms with Gasteiger partial charge in [0.2, 0.25) is 5.95 Å². The van der Waals surface area contributed by atoms with Crippen molar-refractivity contribution in [2.45, 2.75) is 38.8 Å². The first-order chi connectivity index (χ1) is 13.4. The van der Waals surface area contributed by atoms with E-state index in [2.05, 4.69) is 56.4 Å². The Bertz CT molecular complexity index is 932. The minimum absolute atomic E-state index is 0.0871. The van der Waals surface area contributed by atoms with E-state index in [0.717, 1.165) is 30.6 Å². The van der Waals surface area contributed by atoms with Crippen molar-refractivity contribution in [3.05, 3.63) is 36.8 Å². The molecule has 8 heteroatoms. The van der Waals surface area contributed by atoms with Crippen LogP contribution >= 0.6 is 0 Å². The number of phenolic OH excluding ortho intramolecular Hbond substituents is 1. The van der Waals surface area contributed by atoms with Gasteiger partial charge in [-0.3, -0.25) is 5.10 Å². The van der Waals surface area contributed by atoms with Crippen molar-refractivity contribution in [1.82, 2.24) is 30.7 Å². The van der Waals surface area contributed by atoms with Crippen LogP contribution in [0.4, 0.5) is 5.95 Å². The lowest BCUT2D eigenvalue weighted by molar-refractivity contribution is 0.373. The van der Waals surface area contributed by atoms with Gasteiger partial charge in [0.05, 0.1) is 12.4 Å². The lowest BCUT2D eigenvalue weighted by Gasteiger charge is -2.25. The highest BCUT2D eigenvalue weighted by Gasteiger charge is 2.27. The Balaban J connectivity index is 1.48. The maximum absolute atomic E-state index is 10.4. The van der Waals surface area contributed by atoms with Gasteiger partial charge in [-0.2, -0.15) is 5.10 Å². The average molecular weight is 379 g/mol. The molecule has 1 aromatic carbocycles. The predicted molar refractivity (Wildman–Crippen MR) is 108 cm³/mol. The molecule has 1 atom stereocenters. The second kappa shape index (κ2) is 7.20. The average Bonchev–Trinajstić information content (AvgIpc) is 3.32. The van der Waals surface area contributed by atoms with E-state index in [1.54, 1.807) is 24.7 Å². The molecule has 0 amide bonds. The lowest BCUT2D eigenvalue weighted by atomic mass is 10.0. The molecule has 0 radical (unpaired) electrons. The highest BCUT2D eigenvalue weighted by molar-refractivity contribution is 5.73. The van der Waals surface area contributed by atoms with Gasteiger partial charge >= 0.3 is 0 Å². The Labute approximate surface area is 164 Å². The number of H-pyrrole nitrogens is 1. The maximum atomic E-state index is 10.4. The fourth-order valence-electron chi connectivity index (χ4n) is 3.55. The summed E-state index contributed by atoms with van der Waals surface area (Å²) >= 11 is 0. The van der Waals surface area contributed by atoms with E-state index in [9.17, 15) is 5.11 Å². The van der Waals surface area contributed by atoms with Crippen LogP contribution in [0, 0.1) is 0 Å². The zero-order valence-corrected chi connectivity index (χ0v) is 16.3. The van der Waals surface area contributed by atoms with Crippen molar-refractivity contribution in [2.24, 2.45) is 0 Å². The van der Waals surface area contributed by atoms with Gasteiger partial charge in [0.1, 0.15) is 11.4 Å². The first kappa shape index (κ1) is 18.4. The molecule has 146 valence electrons. The van der Waals surface area contributed by atoms with Crippen LogP contribution in [0.1, 0.15) is 27.2 Å². The number of aromatic nitrogens is 5. The van der Waals surface area contributed by atoms with Crippen molar-refractivity contribution in [2.75, 3.05) is 18.0 Å². The monoisotopic (exact) mass is 379 g/mol. The number of phenols is 1. The molecule has 4 rings (SSSR count). The minimum atomic E-state index is 0.0871. The van der Waals surface area contributed by atoms with E-state index in [1.165, 1.54) is 0 Å². The van der Waals surface area contributed by atoms with Crippen LogP contribution in [0.15, 0.2) is 36.8 Å². The molecule has 1 saturated heterocycles. The number of benzene rings is 1. The molecule has 8 nitrogen and oxygen atoms in total. The van der Waals surface area contributed by atoms with Crippen LogP contribution in [0.3, 0.4) is 0 Å². The quantitative estimate of drug-likeness (QED) is 0.640. The van der Waals surface area contributed by atoms with Gasteiger partial charge in [-0.05, 0) is 44.9 Å². The third kappa shape index (κ3) is 3.96. The second-order valence-electron chi connectivity index (χ2n) is 8.19. The number of aromatic hydroxyl groups is 1. The molecule has 3 aromatic rings. The van der Waals surface area contributed by atoms with Gasteiger partial charge in [0.15, 0.2) is 0 Å². The Morgan fingerprint density at radius 2 is 2.04 bits per heavy atom. The number of rotatable bonds is 4. The Kier molecular flexibility index (Phi) is 4.72. The molecule has 0 saturated carbocycles. The molecule has 3 heterocycles. The standard InChI is InChI=1S/C20H25N7O/c1-20(2,3)24-15-6-7-27(12-15)19-21-11-17(25-26-19)16-5-4-13(8-18(16)28)14-9-22-23-10-14/h4-5,8-11,15,24,28H,6-7,12H2,1-3H3,(H,22,23)/t15-/m0/s1. The Morgan fingerprint density at radius 3 is 2.68 bits per heavy atom. The van der Waals surface area contributed by atoms with Crippen LogP contribution in [-0.2, 0) is 0 Å². The molecule has 1 aliphatic heterocycles. The molecular weight excluding hydrogens is 354 g/mol. The van der Waals surface area contributed by atoms with Crippen molar-refractivity contribution in [3.8, 4) is 28.1 Å². The summed E-state index contributed by atoms with van der Waals surface area (Å²) in [4.78, 5) is 6.62. The van der Waals surface area contributed by atoms with Crippen LogP contribution in [0.25, 0.3) is 22.4 Å². The van der Waals surface area contributed by atoms with Crippen LogP contribution < -0.4 is 10.2 Å². The van der Waals surface area contributed by atoms with Crippen molar-refractivity contribution in [3.63, 3.8) is 0 Å². The summed E-state index contributed by atoms with van der Waals surface area (Å²) in [6, 6.07) is 5.85. The van der Waals surface area contributed by atoms with E-state index >= 15 is 0 Å². The first-order valence-corrected chi connectivity index (χ1v) is 9.44. The molecule has 0 unspecified atom stereocenters. The lowest BCUT2D eigenvalue weighted by Crippen LogP contribution is -2.45. The molecule has 3 N–H and O–H groups in total. The smallest absolute Gasteiger partial charge is 0.245 e. The number of hydrogen-bond donors (Lipinski definition) is 3. The van der Waals surface area contributed by atoms with E-state index in [1.807, 2.05) is 12.1 Å². The summed E-state index contributed by atoms with van der Waals surface area (Å²) in [5, 5.41) is 29.3. The predicted octanol–water partition coefficient (Wildman–Crippen LogP) is 2.60. The normalized spacial score (nSPS) is 17.2. The number of hydrogen-bond acceptors (Lipinski definition) is 7. The third-order valence-corrected chi connectivity index (χ3v) is 4.76. The summed E-state index contributed by atoms with van der Waals surface area (Å²) in [6.07, 6.45) is 6.21. The maximum Gasteiger partial charge on any atom is 0.245 e. The fraction of sp³-hybridized carbons (Fsp3) is 0.400. The van der Waals surface area contributed by atoms with Crippen LogP contribution in [0.2, 0.25) is 0 Å². The molecule has 1 fully saturated rings. The molecule has 2 aromatic heterocycles. The zero-order chi connectivity index (χ0) is 19.7. The molecule has 28 heavy (non-hydrogen) atoms. The molecule has 0 aliphatic carbocycles. The van der Waals surface area contributed by atoms with Gasteiger partial charge in [-0.15, -0.1) is 10.2 Å². The van der Waals surface area contributed by atoms with Gasteiger partial charge < -0.3 is 15.3 Å². The zero-order valence-electron chi connectivity index (χ0n) is 16.3. The number of nitrogens with one attached hydrogen (secondary N) is 2. The summed E-state index contributed by atoms with van der Waals surface area (Å²) in [5.41, 5.74) is 3.02. The fourth-order valence-corrected chi connectivity index (χ4v) is 3.55. The number of nitrogens with zero attached hydrogens (tertiary/aromatic N) is 5. The Hall–Kier alpha value is -3.00. The van der Waals surface area contributed by atoms with Gasteiger partial charge in [-0.25, -0.2) is 4.98 Å². The minimum Gasteiger partial charge on any atom is -0.507 e. The third-order valence-electron chi connectivity index (χ3n) is 4.76. The van der Waals surface area contributed by atoms with E-state index in [-0.39, 0.29) is 11.3 Å². The van der Waals surface area contributed by atoms with E-state index in [0.29, 0.717) is 23.2 Å². The van der Waals surface area contributed by atoms with Crippen molar-refractivity contribution < 1.29 is 5.11 Å². The van der Waals surface area contributed by atoms with E-state index < -0.39 is 0 Å². The van der Waals surface area contributed by atoms with Crippen LogP contribution in [0.5, 0.6) is 5.75 Å². The number of aromatic amines is 1. The van der Waals surface area contributed by atoms with Crippen molar-refractivity contribution in [1.29, 1.82) is 0 Å². The molecule has 1 aliphatic rings. The molecule has 0 spiro atoms. The van der Waals surface area contributed by atoms with Gasteiger partial charge in [0.25, 0.3) is 0 Å².